The lowest BCUT2D eigenvalue weighted by molar-refractivity contribution is 0.0971. The summed E-state index contributed by atoms with van der Waals surface area (Å²) in [4.78, 5) is 16.4. The number of sulfonamides is 1. The highest BCUT2D eigenvalue weighted by Crippen LogP contribution is 2.52. The van der Waals surface area contributed by atoms with Crippen molar-refractivity contribution in [1.82, 2.24) is 9.88 Å². The summed E-state index contributed by atoms with van der Waals surface area (Å²) in [5.74, 6) is -0.518. The van der Waals surface area contributed by atoms with Crippen LogP contribution in [0.5, 0.6) is 5.75 Å². The number of nitrogens with zero attached hydrogens (tertiary/aromatic N) is 1. The first-order chi connectivity index (χ1) is 19.2. The molecule has 3 aromatic carbocycles. The number of piperidine rings is 1. The van der Waals surface area contributed by atoms with E-state index in [1.165, 1.54) is 36.5 Å². The van der Waals surface area contributed by atoms with E-state index in [9.17, 15) is 13.2 Å². The fourth-order valence-corrected chi connectivity index (χ4v) is 7.03. The zero-order valence-corrected chi connectivity index (χ0v) is 23.3. The molecule has 1 aliphatic carbocycles. The van der Waals surface area contributed by atoms with Gasteiger partial charge in [0, 0.05) is 30.6 Å². The average Bonchev–Trinajstić information content (AvgIpc) is 3.24. The first-order valence-electron chi connectivity index (χ1n) is 12.6. The van der Waals surface area contributed by atoms with Crippen LogP contribution < -0.4 is 9.46 Å². The number of hydrogen-bond acceptors (Lipinski definition) is 5. The Morgan fingerprint density at radius 3 is 2.52 bits per heavy atom. The number of carbonyl (C=O) groups excluding carboxylic acids is 1. The van der Waals surface area contributed by atoms with Gasteiger partial charge in [-0.3, -0.25) is 4.72 Å². The second kappa shape index (κ2) is 10.5. The van der Waals surface area contributed by atoms with E-state index in [1.54, 1.807) is 4.90 Å². The zero-order valence-electron chi connectivity index (χ0n) is 20.9. The Balaban J connectivity index is 1.06. The number of rotatable bonds is 8. The average molecular weight is 604 g/mol. The molecule has 40 heavy (non-hydrogen) atoms. The molecule has 0 radical (unpaired) electrons. The highest BCUT2D eigenvalue weighted by atomic mass is 35.5. The summed E-state index contributed by atoms with van der Waals surface area (Å²) in [5.41, 5.74) is 1.48. The molecule has 1 saturated heterocycles. The van der Waals surface area contributed by atoms with Crippen LogP contribution in [-0.2, 0) is 21.4 Å². The third kappa shape index (κ3) is 5.07. The Morgan fingerprint density at radius 2 is 1.77 bits per heavy atom. The molecule has 2 heterocycles. The standard InChI is InChI=1S/C28H24Cl2FN3O5S/c29-20-9-10-22(27-25(20)21(30)11-32-27)33-40(36,37)24-8-4-7-23(26(24)31)38-15-19-17-12-34(13-18(17)19)28(35)39-14-16-5-2-1-3-6-16/h1-11,17-19,32-33H,12-15H2/t17-,18+,19?. The summed E-state index contributed by atoms with van der Waals surface area (Å²) < 4.78 is 55.1. The summed E-state index contributed by atoms with van der Waals surface area (Å²) in [7, 11) is -4.31. The molecule has 1 aromatic heterocycles. The van der Waals surface area contributed by atoms with Gasteiger partial charge in [-0.25, -0.2) is 17.6 Å². The van der Waals surface area contributed by atoms with E-state index in [-0.39, 0.29) is 48.5 Å². The maximum Gasteiger partial charge on any atom is 0.410 e. The number of H-pyrrole nitrogens is 1. The molecule has 3 atom stereocenters. The minimum Gasteiger partial charge on any atom is -0.490 e. The molecule has 6 rings (SSSR count). The van der Waals surface area contributed by atoms with Crippen LogP contribution in [0.3, 0.4) is 0 Å². The number of anilines is 1. The number of amides is 1. The number of aromatic nitrogens is 1. The third-order valence-electron chi connectivity index (χ3n) is 7.46. The van der Waals surface area contributed by atoms with E-state index in [0.717, 1.165) is 5.56 Å². The van der Waals surface area contributed by atoms with Crippen molar-refractivity contribution < 1.29 is 27.1 Å². The van der Waals surface area contributed by atoms with E-state index in [4.69, 9.17) is 32.7 Å². The van der Waals surface area contributed by atoms with E-state index in [0.29, 0.717) is 34.0 Å². The Bertz CT molecular complexity index is 1690. The molecule has 4 aromatic rings. The normalized spacial score (nSPS) is 19.9. The molecule has 1 amide bonds. The lowest BCUT2D eigenvalue weighted by Crippen LogP contribution is -2.32. The van der Waals surface area contributed by atoms with Crippen LogP contribution in [0.25, 0.3) is 10.9 Å². The van der Waals surface area contributed by atoms with E-state index >= 15 is 4.39 Å². The first-order valence-corrected chi connectivity index (χ1v) is 14.8. The van der Waals surface area contributed by atoms with Crippen LogP contribution >= 0.6 is 23.2 Å². The number of carbonyl (C=O) groups is 1. The summed E-state index contributed by atoms with van der Waals surface area (Å²) in [6.07, 6.45) is 1.14. The molecule has 2 fully saturated rings. The van der Waals surface area contributed by atoms with Gasteiger partial charge in [0.05, 0.1) is 27.9 Å². The second-order valence-electron chi connectivity index (χ2n) is 9.90. The van der Waals surface area contributed by atoms with Crippen LogP contribution in [0.2, 0.25) is 10.0 Å². The van der Waals surface area contributed by atoms with Crippen LogP contribution in [0.4, 0.5) is 14.9 Å². The fourth-order valence-electron chi connectivity index (χ4n) is 5.31. The van der Waals surface area contributed by atoms with Gasteiger partial charge in [-0.2, -0.15) is 0 Å². The highest BCUT2D eigenvalue weighted by Gasteiger charge is 2.57. The van der Waals surface area contributed by atoms with Crippen molar-refractivity contribution in [2.75, 3.05) is 24.4 Å². The lowest BCUT2D eigenvalue weighted by atomic mass is 10.2. The van der Waals surface area contributed by atoms with Crippen molar-refractivity contribution in [3.8, 4) is 5.75 Å². The molecule has 208 valence electrons. The Kier molecular flexibility index (Phi) is 7.02. The maximum absolute atomic E-state index is 15.3. The second-order valence-corrected chi connectivity index (χ2v) is 12.4. The maximum atomic E-state index is 15.3. The molecule has 2 N–H and O–H groups in total. The SMILES string of the molecule is O=C(OCc1ccccc1)N1C[C@@H]2C(COc3cccc(S(=O)(=O)Nc4ccc(Cl)c5c(Cl)c[nH]c45)c3F)[C@@H]2C1. The monoisotopic (exact) mass is 603 g/mol. The van der Waals surface area contributed by atoms with Gasteiger partial charge in [0.1, 0.15) is 11.5 Å². The van der Waals surface area contributed by atoms with Crippen molar-refractivity contribution in [3.05, 3.63) is 88.3 Å². The quantitative estimate of drug-likeness (QED) is 0.246. The molecule has 8 nitrogen and oxygen atoms in total. The molecule has 1 aliphatic heterocycles. The number of likely N-dealkylation sites (tertiary alicyclic amines) is 1. The first kappa shape index (κ1) is 26.7. The van der Waals surface area contributed by atoms with Crippen molar-refractivity contribution in [1.29, 1.82) is 0 Å². The van der Waals surface area contributed by atoms with Gasteiger partial charge in [0.25, 0.3) is 10.0 Å². The number of fused-ring (bicyclic) bond motifs is 2. The Hall–Kier alpha value is -3.47. The number of halogens is 3. The van der Waals surface area contributed by atoms with Gasteiger partial charge < -0.3 is 19.4 Å². The molecule has 0 spiro atoms. The fraction of sp³-hybridized carbons (Fsp3) is 0.250. The third-order valence-corrected chi connectivity index (χ3v) is 9.46. The smallest absolute Gasteiger partial charge is 0.410 e. The minimum atomic E-state index is -4.31. The number of nitrogens with one attached hydrogen (secondary N) is 2. The zero-order chi connectivity index (χ0) is 28.0. The molecule has 0 bridgehead atoms. The summed E-state index contributed by atoms with van der Waals surface area (Å²) in [6, 6.07) is 16.4. The summed E-state index contributed by atoms with van der Waals surface area (Å²) >= 11 is 12.3. The van der Waals surface area contributed by atoms with Crippen LogP contribution in [-0.4, -0.2) is 44.1 Å². The summed E-state index contributed by atoms with van der Waals surface area (Å²) in [5, 5.41) is 1.14. The van der Waals surface area contributed by atoms with Gasteiger partial charge in [-0.05, 0) is 41.7 Å². The van der Waals surface area contributed by atoms with E-state index < -0.39 is 20.7 Å². The van der Waals surface area contributed by atoms with Crippen molar-refractivity contribution in [3.63, 3.8) is 0 Å². The molecule has 2 aliphatic rings. The summed E-state index contributed by atoms with van der Waals surface area (Å²) in [6.45, 7) is 1.53. The van der Waals surface area contributed by atoms with Crippen molar-refractivity contribution in [2.45, 2.75) is 11.5 Å². The molecule has 1 saturated carbocycles. The Labute approximate surface area is 240 Å². The largest absolute Gasteiger partial charge is 0.490 e. The number of ether oxygens (including phenoxy) is 2. The van der Waals surface area contributed by atoms with E-state index in [2.05, 4.69) is 9.71 Å². The predicted octanol–water partition coefficient (Wildman–Crippen LogP) is 6.31. The lowest BCUT2D eigenvalue weighted by Gasteiger charge is -2.20. The van der Waals surface area contributed by atoms with E-state index in [1.807, 2.05) is 30.3 Å². The van der Waals surface area contributed by atoms with Crippen LogP contribution in [0.15, 0.2) is 71.8 Å². The van der Waals surface area contributed by atoms with Crippen molar-refractivity contribution in [2.24, 2.45) is 17.8 Å². The van der Waals surface area contributed by atoms with Gasteiger partial charge in [0.15, 0.2) is 11.6 Å². The number of benzene rings is 3. The highest BCUT2D eigenvalue weighted by molar-refractivity contribution is 7.92. The predicted molar refractivity (Wildman–Crippen MR) is 150 cm³/mol. The number of hydrogen-bond donors (Lipinski definition) is 2. The van der Waals surface area contributed by atoms with Gasteiger partial charge in [0.2, 0.25) is 0 Å². The van der Waals surface area contributed by atoms with Gasteiger partial charge in [-0.15, -0.1) is 0 Å². The number of aromatic amines is 1. The van der Waals surface area contributed by atoms with Crippen LogP contribution in [0, 0.1) is 23.6 Å². The molecule has 12 heteroatoms. The van der Waals surface area contributed by atoms with Gasteiger partial charge in [-0.1, -0.05) is 59.6 Å². The minimum absolute atomic E-state index is 0.149. The van der Waals surface area contributed by atoms with Crippen LogP contribution in [0.1, 0.15) is 5.56 Å². The topological polar surface area (TPSA) is 101 Å². The van der Waals surface area contributed by atoms with Gasteiger partial charge >= 0.3 is 6.09 Å². The van der Waals surface area contributed by atoms with Crippen molar-refractivity contribution >= 4 is 55.9 Å². The molecular formula is C28H24Cl2FN3O5S. The molecule has 1 unspecified atom stereocenters. The Morgan fingerprint density at radius 1 is 1.02 bits per heavy atom. The molecular weight excluding hydrogens is 580 g/mol.